The fraction of sp³-hybridized carbons (Fsp3) is 0.381. The number of ether oxygens (including phenoxy) is 1. The summed E-state index contributed by atoms with van der Waals surface area (Å²) in [6.07, 6.45) is 5.45. The van der Waals surface area contributed by atoms with Gasteiger partial charge in [0.25, 0.3) is 0 Å². The van der Waals surface area contributed by atoms with Gasteiger partial charge in [-0.2, -0.15) is 5.26 Å². The molecule has 1 fully saturated rings. The quantitative estimate of drug-likeness (QED) is 0.880. The van der Waals surface area contributed by atoms with Crippen molar-refractivity contribution in [3.05, 3.63) is 47.7 Å². The molecule has 0 spiro atoms. The van der Waals surface area contributed by atoms with Crippen LogP contribution in [0.25, 0.3) is 0 Å². The van der Waals surface area contributed by atoms with Crippen LogP contribution in [0.1, 0.15) is 36.8 Å². The van der Waals surface area contributed by atoms with Crippen molar-refractivity contribution in [1.82, 2.24) is 4.98 Å². The van der Waals surface area contributed by atoms with Crippen LogP contribution in [0.5, 0.6) is 0 Å². The predicted octanol–water partition coefficient (Wildman–Crippen LogP) is 3.75. The molecule has 2 aromatic rings. The summed E-state index contributed by atoms with van der Waals surface area (Å²) in [5.41, 5.74) is 3.04. The lowest BCUT2D eigenvalue weighted by molar-refractivity contribution is -0.124. The van der Waals surface area contributed by atoms with Gasteiger partial charge in [0.05, 0.1) is 35.7 Å². The number of fused-ring (bicyclic) bond motifs is 2. The lowest BCUT2D eigenvalue weighted by Crippen LogP contribution is -2.38. The van der Waals surface area contributed by atoms with E-state index < -0.39 is 0 Å². The average Bonchev–Trinajstić information content (AvgIpc) is 2.89. The van der Waals surface area contributed by atoms with Gasteiger partial charge in [-0.05, 0) is 49.9 Å². The van der Waals surface area contributed by atoms with Crippen molar-refractivity contribution < 1.29 is 9.53 Å². The van der Waals surface area contributed by atoms with E-state index >= 15 is 0 Å². The molecule has 138 valence electrons. The second-order valence-corrected chi connectivity index (χ2v) is 7.11. The van der Waals surface area contributed by atoms with E-state index in [1.165, 1.54) is 0 Å². The Morgan fingerprint density at radius 1 is 1.30 bits per heavy atom. The van der Waals surface area contributed by atoms with Crippen molar-refractivity contribution >= 4 is 23.1 Å². The van der Waals surface area contributed by atoms with E-state index in [1.807, 2.05) is 23.1 Å². The zero-order chi connectivity index (χ0) is 18.8. The minimum atomic E-state index is -0.0202. The Kier molecular flexibility index (Phi) is 4.78. The monoisotopic (exact) mass is 362 g/mol. The van der Waals surface area contributed by atoms with Gasteiger partial charge >= 0.3 is 0 Å². The van der Waals surface area contributed by atoms with E-state index in [2.05, 4.69) is 16.4 Å². The smallest absolute Gasteiger partial charge is 0.230 e. The molecule has 1 aromatic carbocycles. The van der Waals surface area contributed by atoms with Crippen LogP contribution in [0, 0.1) is 17.2 Å². The van der Waals surface area contributed by atoms with Crippen LogP contribution < -0.4 is 10.2 Å². The Morgan fingerprint density at radius 3 is 2.85 bits per heavy atom. The fourth-order valence-corrected chi connectivity index (χ4v) is 3.95. The third kappa shape index (κ3) is 3.38. The summed E-state index contributed by atoms with van der Waals surface area (Å²) in [6, 6.07) is 11.4. The standard InChI is InChI=1S/C21H22N4O2/c1-27-17-7-5-15(6-8-17)21(26)25-13-16-3-2-10-23-20(16)24-18-9-4-14(12-22)11-19(18)25/h2-4,9-11,15,17H,5-8,13H2,1H3,(H,23,24)/t15-,17-. The average molecular weight is 362 g/mol. The van der Waals surface area contributed by atoms with E-state index in [9.17, 15) is 10.1 Å². The van der Waals surface area contributed by atoms with Gasteiger partial charge in [0.2, 0.25) is 5.91 Å². The third-order valence-corrected chi connectivity index (χ3v) is 5.51. The SMILES string of the molecule is CO[C@H]1CC[C@H](C(=O)N2Cc3cccnc3Nc3ccc(C#N)cc32)CC1. The summed E-state index contributed by atoms with van der Waals surface area (Å²) >= 11 is 0. The molecule has 0 unspecified atom stereocenters. The number of amides is 1. The van der Waals surface area contributed by atoms with Gasteiger partial charge in [-0.1, -0.05) is 6.07 Å². The highest BCUT2D eigenvalue weighted by molar-refractivity contribution is 5.99. The Hall–Kier alpha value is -2.91. The zero-order valence-corrected chi connectivity index (χ0v) is 15.3. The number of nitriles is 1. The number of anilines is 3. The number of methoxy groups -OCH3 is 1. The van der Waals surface area contributed by atoms with E-state index in [4.69, 9.17) is 4.74 Å². The van der Waals surface area contributed by atoms with Crippen LogP contribution in [0.4, 0.5) is 17.2 Å². The van der Waals surface area contributed by atoms with Crippen LogP contribution in [-0.2, 0) is 16.1 Å². The molecule has 1 aliphatic carbocycles. The van der Waals surface area contributed by atoms with E-state index in [-0.39, 0.29) is 17.9 Å². The lowest BCUT2D eigenvalue weighted by Gasteiger charge is -2.31. The van der Waals surface area contributed by atoms with Crippen LogP contribution in [0.3, 0.4) is 0 Å². The van der Waals surface area contributed by atoms with Gasteiger partial charge in [-0.25, -0.2) is 4.98 Å². The van der Waals surface area contributed by atoms with Crippen LogP contribution >= 0.6 is 0 Å². The number of carbonyl (C=O) groups is 1. The summed E-state index contributed by atoms with van der Waals surface area (Å²) in [4.78, 5) is 19.7. The summed E-state index contributed by atoms with van der Waals surface area (Å²) in [5, 5.41) is 12.6. The predicted molar refractivity (Wildman–Crippen MR) is 103 cm³/mol. The summed E-state index contributed by atoms with van der Waals surface area (Å²) < 4.78 is 5.44. The first-order valence-corrected chi connectivity index (χ1v) is 9.29. The van der Waals surface area contributed by atoms with Gasteiger partial charge in [0.1, 0.15) is 5.82 Å². The number of rotatable bonds is 2. The van der Waals surface area contributed by atoms with Gasteiger partial charge in [-0.3, -0.25) is 4.79 Å². The Balaban J connectivity index is 1.70. The first-order chi connectivity index (χ1) is 13.2. The van der Waals surface area contributed by atoms with Gasteiger partial charge in [0, 0.05) is 24.8 Å². The molecule has 27 heavy (non-hydrogen) atoms. The minimum absolute atomic E-state index is 0.0202. The second-order valence-electron chi connectivity index (χ2n) is 7.11. The molecule has 6 nitrogen and oxygen atoms in total. The second kappa shape index (κ2) is 7.37. The van der Waals surface area contributed by atoms with E-state index in [0.717, 1.165) is 48.4 Å². The molecule has 0 radical (unpaired) electrons. The highest BCUT2D eigenvalue weighted by atomic mass is 16.5. The van der Waals surface area contributed by atoms with Crippen molar-refractivity contribution in [3.63, 3.8) is 0 Å². The van der Waals surface area contributed by atoms with Crippen molar-refractivity contribution in [2.45, 2.75) is 38.3 Å². The summed E-state index contributed by atoms with van der Waals surface area (Å²) in [7, 11) is 1.73. The molecule has 1 saturated carbocycles. The maximum absolute atomic E-state index is 13.4. The minimum Gasteiger partial charge on any atom is -0.381 e. The molecular weight excluding hydrogens is 340 g/mol. The van der Waals surface area contributed by atoms with E-state index in [0.29, 0.717) is 12.1 Å². The third-order valence-electron chi connectivity index (χ3n) is 5.51. The Labute approximate surface area is 158 Å². The van der Waals surface area contributed by atoms with Crippen LogP contribution in [-0.4, -0.2) is 24.1 Å². The van der Waals surface area contributed by atoms with Crippen molar-refractivity contribution in [1.29, 1.82) is 5.26 Å². The molecule has 1 N–H and O–H groups in total. The van der Waals surface area contributed by atoms with Gasteiger partial charge in [0.15, 0.2) is 0 Å². The topological polar surface area (TPSA) is 78.2 Å². The number of hydrogen-bond donors (Lipinski definition) is 1. The number of carbonyl (C=O) groups excluding carboxylic acids is 1. The van der Waals surface area contributed by atoms with Crippen LogP contribution in [0.15, 0.2) is 36.5 Å². The fourth-order valence-electron chi connectivity index (χ4n) is 3.95. The Morgan fingerprint density at radius 2 is 2.11 bits per heavy atom. The number of hydrogen-bond acceptors (Lipinski definition) is 5. The van der Waals surface area contributed by atoms with Crippen molar-refractivity contribution in [2.24, 2.45) is 5.92 Å². The van der Waals surface area contributed by atoms with Crippen LogP contribution in [0.2, 0.25) is 0 Å². The molecule has 2 aliphatic rings. The van der Waals surface area contributed by atoms with E-state index in [1.54, 1.807) is 25.4 Å². The molecule has 0 saturated heterocycles. The van der Waals surface area contributed by atoms with Crippen molar-refractivity contribution in [2.75, 3.05) is 17.3 Å². The highest BCUT2D eigenvalue weighted by Crippen LogP contribution is 2.38. The molecule has 2 heterocycles. The molecule has 0 atom stereocenters. The number of aromatic nitrogens is 1. The van der Waals surface area contributed by atoms with Gasteiger partial charge < -0.3 is 15.0 Å². The molecule has 6 heteroatoms. The molecule has 1 aliphatic heterocycles. The van der Waals surface area contributed by atoms with Gasteiger partial charge in [-0.15, -0.1) is 0 Å². The van der Waals surface area contributed by atoms with Crippen molar-refractivity contribution in [3.8, 4) is 6.07 Å². The summed E-state index contributed by atoms with van der Waals surface area (Å²) in [6.45, 7) is 0.446. The highest BCUT2D eigenvalue weighted by Gasteiger charge is 2.32. The maximum Gasteiger partial charge on any atom is 0.230 e. The maximum atomic E-state index is 13.4. The zero-order valence-electron chi connectivity index (χ0n) is 15.3. The molecule has 1 aromatic heterocycles. The molecule has 1 amide bonds. The molecular formula is C21H22N4O2. The summed E-state index contributed by atoms with van der Waals surface area (Å²) in [5.74, 6) is 0.842. The number of pyridine rings is 1. The lowest BCUT2D eigenvalue weighted by atomic mass is 9.86. The largest absolute Gasteiger partial charge is 0.381 e. The number of nitrogens with zero attached hydrogens (tertiary/aromatic N) is 3. The number of nitrogens with one attached hydrogen (secondary N) is 1. The first-order valence-electron chi connectivity index (χ1n) is 9.29. The molecule has 0 bridgehead atoms. The normalized spacial score (nSPS) is 21.3. The first kappa shape index (κ1) is 17.5. The Bertz CT molecular complexity index is 897. The number of benzene rings is 1. The molecule has 4 rings (SSSR count).